The number of carbonyl (C=O) groups is 2. The Bertz CT molecular complexity index is 613. The number of benzene rings is 1. The standard InChI is InChI=1S/C7H5NO4.C6H5NO/c9-4-5-3-6(8(11)12)1-2-7(5)10;8-5-6-2-1-3-7-4-6/h1-4,10H;1-5H. The van der Waals surface area contributed by atoms with Crippen LogP contribution in [0.1, 0.15) is 20.7 Å². The number of phenolic OH excluding ortho intramolecular Hbond substituents is 1. The Morgan fingerprint density at radius 1 is 1.20 bits per heavy atom. The molecule has 0 fully saturated rings. The normalized spacial score (nSPS) is 9.00. The first-order chi connectivity index (χ1) is 9.58. The molecule has 20 heavy (non-hydrogen) atoms. The largest absolute Gasteiger partial charge is 0.507 e. The summed E-state index contributed by atoms with van der Waals surface area (Å²) in [6.45, 7) is 0. The zero-order valence-electron chi connectivity index (χ0n) is 10.2. The third-order valence-corrected chi connectivity index (χ3v) is 2.17. The molecule has 1 heterocycles. The molecule has 1 aromatic carbocycles. The molecule has 0 aliphatic heterocycles. The van der Waals surface area contributed by atoms with Gasteiger partial charge in [-0.1, -0.05) is 0 Å². The van der Waals surface area contributed by atoms with Gasteiger partial charge in [-0.25, -0.2) is 0 Å². The summed E-state index contributed by atoms with van der Waals surface area (Å²) in [5.74, 6) is -0.254. The predicted molar refractivity (Wildman–Crippen MR) is 69.8 cm³/mol. The summed E-state index contributed by atoms with van der Waals surface area (Å²) in [7, 11) is 0. The fraction of sp³-hybridized carbons (Fsp3) is 0. The van der Waals surface area contributed by atoms with Crippen molar-refractivity contribution in [1.29, 1.82) is 0 Å². The van der Waals surface area contributed by atoms with Gasteiger partial charge in [0.2, 0.25) is 0 Å². The van der Waals surface area contributed by atoms with Crippen LogP contribution in [0.2, 0.25) is 0 Å². The Balaban J connectivity index is 0.000000217. The van der Waals surface area contributed by atoms with Gasteiger partial charge in [0.05, 0.1) is 10.5 Å². The number of hydrogen-bond acceptors (Lipinski definition) is 6. The molecule has 0 saturated carbocycles. The number of nitrogens with zero attached hydrogens (tertiary/aromatic N) is 2. The maximum absolute atomic E-state index is 10.2. The van der Waals surface area contributed by atoms with Gasteiger partial charge in [0.25, 0.3) is 5.69 Å². The molecule has 1 N–H and O–H groups in total. The molecule has 0 unspecified atom stereocenters. The maximum atomic E-state index is 10.2. The number of aldehydes is 2. The van der Waals surface area contributed by atoms with Crippen molar-refractivity contribution in [2.45, 2.75) is 0 Å². The highest BCUT2D eigenvalue weighted by atomic mass is 16.6. The lowest BCUT2D eigenvalue weighted by Gasteiger charge is -1.95. The fourth-order valence-electron chi connectivity index (χ4n) is 1.20. The Morgan fingerprint density at radius 2 is 1.95 bits per heavy atom. The van der Waals surface area contributed by atoms with Gasteiger partial charge in [-0.15, -0.1) is 0 Å². The highest BCUT2D eigenvalue weighted by Crippen LogP contribution is 2.20. The van der Waals surface area contributed by atoms with Gasteiger partial charge in [0, 0.05) is 30.1 Å². The van der Waals surface area contributed by atoms with Crippen LogP contribution in [-0.2, 0) is 0 Å². The number of rotatable bonds is 3. The van der Waals surface area contributed by atoms with E-state index in [4.69, 9.17) is 5.11 Å². The van der Waals surface area contributed by atoms with Crippen LogP contribution in [-0.4, -0.2) is 27.6 Å². The van der Waals surface area contributed by atoms with Crippen LogP contribution in [0, 0.1) is 10.1 Å². The van der Waals surface area contributed by atoms with E-state index in [0.29, 0.717) is 11.8 Å². The lowest BCUT2D eigenvalue weighted by molar-refractivity contribution is -0.384. The Kier molecular flexibility index (Phi) is 5.51. The highest BCUT2D eigenvalue weighted by Gasteiger charge is 2.08. The lowest BCUT2D eigenvalue weighted by Crippen LogP contribution is -1.89. The van der Waals surface area contributed by atoms with E-state index >= 15 is 0 Å². The van der Waals surface area contributed by atoms with E-state index in [9.17, 15) is 19.7 Å². The molecule has 2 aromatic rings. The molecule has 1 aromatic heterocycles. The van der Waals surface area contributed by atoms with Crippen molar-refractivity contribution in [3.05, 3.63) is 64.0 Å². The van der Waals surface area contributed by atoms with E-state index in [-0.39, 0.29) is 17.0 Å². The zero-order valence-corrected chi connectivity index (χ0v) is 10.2. The molecule has 0 aliphatic rings. The third-order valence-electron chi connectivity index (χ3n) is 2.17. The van der Waals surface area contributed by atoms with Crippen LogP contribution < -0.4 is 0 Å². The summed E-state index contributed by atoms with van der Waals surface area (Å²) in [6.07, 6.45) is 4.29. The first-order valence-electron chi connectivity index (χ1n) is 5.36. The van der Waals surface area contributed by atoms with Gasteiger partial charge in [-0.05, 0) is 18.2 Å². The summed E-state index contributed by atoms with van der Waals surface area (Å²) in [4.78, 5) is 33.5. The number of nitro groups is 1. The second-order valence-electron chi connectivity index (χ2n) is 3.52. The summed E-state index contributed by atoms with van der Waals surface area (Å²) >= 11 is 0. The van der Waals surface area contributed by atoms with Crippen LogP contribution in [0.3, 0.4) is 0 Å². The van der Waals surface area contributed by atoms with Crippen LogP contribution >= 0.6 is 0 Å². The second kappa shape index (κ2) is 7.37. The van der Waals surface area contributed by atoms with Gasteiger partial charge in [0.1, 0.15) is 5.75 Å². The van der Waals surface area contributed by atoms with Crippen LogP contribution in [0.15, 0.2) is 42.7 Å². The van der Waals surface area contributed by atoms with Crippen molar-refractivity contribution in [3.8, 4) is 5.75 Å². The molecular weight excluding hydrogens is 264 g/mol. The molecule has 0 spiro atoms. The molecule has 0 radical (unpaired) electrons. The predicted octanol–water partition coefficient (Wildman–Crippen LogP) is 2.01. The minimum absolute atomic E-state index is 0.0794. The van der Waals surface area contributed by atoms with E-state index in [0.717, 1.165) is 24.5 Å². The Hall–Kier alpha value is -3.09. The molecular formula is C13H10N2O5. The quantitative estimate of drug-likeness (QED) is 0.520. The maximum Gasteiger partial charge on any atom is 0.270 e. The average Bonchev–Trinajstić information content (AvgIpc) is 2.49. The van der Waals surface area contributed by atoms with Crippen LogP contribution in [0.4, 0.5) is 5.69 Å². The van der Waals surface area contributed by atoms with Crippen molar-refractivity contribution in [1.82, 2.24) is 4.98 Å². The molecule has 7 heteroatoms. The monoisotopic (exact) mass is 274 g/mol. The summed E-state index contributed by atoms with van der Waals surface area (Å²) in [6, 6.07) is 6.69. The lowest BCUT2D eigenvalue weighted by atomic mass is 10.2. The molecule has 0 atom stereocenters. The van der Waals surface area contributed by atoms with Gasteiger partial charge >= 0.3 is 0 Å². The summed E-state index contributed by atoms with van der Waals surface area (Å²) < 4.78 is 0. The number of aromatic nitrogens is 1. The van der Waals surface area contributed by atoms with E-state index in [2.05, 4.69) is 4.98 Å². The minimum Gasteiger partial charge on any atom is -0.507 e. The van der Waals surface area contributed by atoms with Crippen molar-refractivity contribution < 1.29 is 19.6 Å². The van der Waals surface area contributed by atoms with E-state index in [1.165, 1.54) is 6.20 Å². The second-order valence-corrected chi connectivity index (χ2v) is 3.52. The van der Waals surface area contributed by atoms with Crippen molar-refractivity contribution in [3.63, 3.8) is 0 Å². The van der Waals surface area contributed by atoms with Gasteiger partial charge in [-0.2, -0.15) is 0 Å². The molecule has 0 saturated heterocycles. The first-order valence-corrected chi connectivity index (χ1v) is 5.36. The number of non-ortho nitro benzene ring substituents is 1. The molecule has 0 bridgehead atoms. The smallest absolute Gasteiger partial charge is 0.270 e. The number of aromatic hydroxyl groups is 1. The van der Waals surface area contributed by atoms with E-state index in [1.54, 1.807) is 18.3 Å². The number of carbonyl (C=O) groups excluding carboxylic acids is 2. The summed E-state index contributed by atoms with van der Waals surface area (Å²) in [5.41, 5.74) is 0.326. The number of pyridine rings is 1. The van der Waals surface area contributed by atoms with Gasteiger partial charge in [-0.3, -0.25) is 24.7 Å². The van der Waals surface area contributed by atoms with Crippen molar-refractivity contribution in [2.75, 3.05) is 0 Å². The van der Waals surface area contributed by atoms with Crippen LogP contribution in [0.25, 0.3) is 0 Å². The van der Waals surface area contributed by atoms with Gasteiger partial charge < -0.3 is 5.11 Å². The molecule has 2 rings (SSSR count). The molecule has 0 amide bonds. The number of hydrogen-bond donors (Lipinski definition) is 1. The van der Waals surface area contributed by atoms with E-state index < -0.39 is 4.92 Å². The zero-order chi connectivity index (χ0) is 15.0. The fourth-order valence-corrected chi connectivity index (χ4v) is 1.20. The number of phenols is 1. The van der Waals surface area contributed by atoms with Gasteiger partial charge in [0.15, 0.2) is 12.6 Å². The molecule has 0 aliphatic carbocycles. The minimum atomic E-state index is -0.633. The SMILES string of the molecule is O=Cc1cc([N+](=O)[O-])ccc1O.O=Cc1cccnc1. The first kappa shape index (κ1) is 15.0. The third kappa shape index (κ3) is 4.30. The average molecular weight is 274 g/mol. The Labute approximate surface area is 113 Å². The number of nitro benzene ring substituents is 1. The molecule has 7 nitrogen and oxygen atoms in total. The summed E-state index contributed by atoms with van der Waals surface area (Å²) in [5, 5.41) is 19.2. The Morgan fingerprint density at radius 3 is 2.40 bits per heavy atom. The highest BCUT2D eigenvalue weighted by molar-refractivity contribution is 5.80. The topological polar surface area (TPSA) is 110 Å². The van der Waals surface area contributed by atoms with Crippen molar-refractivity contribution in [2.24, 2.45) is 0 Å². The van der Waals surface area contributed by atoms with Crippen molar-refractivity contribution >= 4 is 18.3 Å². The molecule has 102 valence electrons. The van der Waals surface area contributed by atoms with E-state index in [1.807, 2.05) is 0 Å². The van der Waals surface area contributed by atoms with Crippen LogP contribution in [0.5, 0.6) is 5.75 Å².